The van der Waals surface area contributed by atoms with Gasteiger partial charge in [-0.1, -0.05) is 11.6 Å². The molecule has 0 saturated carbocycles. The molecule has 0 aliphatic rings. The number of carbonyl (C=O) groups excluding carboxylic acids is 1. The second-order valence-electron chi connectivity index (χ2n) is 3.52. The van der Waals surface area contributed by atoms with Gasteiger partial charge in [0.1, 0.15) is 0 Å². The molecule has 1 unspecified atom stereocenters. The Balaban J connectivity index is 2.53. The summed E-state index contributed by atoms with van der Waals surface area (Å²) in [6.45, 7) is -0.139. The first-order valence-corrected chi connectivity index (χ1v) is 6.65. The molecule has 0 radical (unpaired) electrons. The molecule has 3 N–H and O–H groups in total. The molecule has 0 heterocycles. The minimum atomic E-state index is -1.14. The van der Waals surface area contributed by atoms with Crippen LogP contribution in [0.3, 0.4) is 0 Å². The number of ether oxygens (including phenoxy) is 1. The first kappa shape index (κ1) is 16.0. The number of rotatable bonds is 5. The highest BCUT2D eigenvalue weighted by molar-refractivity contribution is 14.1. The lowest BCUT2D eigenvalue weighted by Gasteiger charge is -2.13. The second-order valence-corrected chi connectivity index (χ2v) is 5.17. The second kappa shape index (κ2) is 7.51. The first-order valence-electron chi connectivity index (χ1n) is 5.19. The van der Waals surface area contributed by atoms with E-state index < -0.39 is 18.1 Å². The molecule has 1 atom stereocenters. The summed E-state index contributed by atoms with van der Waals surface area (Å²) in [5, 5.41) is 14.0. The summed E-state index contributed by atoms with van der Waals surface area (Å²) in [5.74, 6) is -1.14. The van der Waals surface area contributed by atoms with E-state index in [0.29, 0.717) is 10.7 Å². The molecule has 19 heavy (non-hydrogen) atoms. The van der Waals surface area contributed by atoms with E-state index in [1.807, 2.05) is 0 Å². The first-order chi connectivity index (χ1) is 8.93. The Morgan fingerprint density at radius 2 is 2.21 bits per heavy atom. The number of carboxylic acids is 1. The number of nitrogens with one attached hydrogen (secondary N) is 2. The van der Waals surface area contributed by atoms with Crippen molar-refractivity contribution < 1.29 is 19.4 Å². The molecule has 1 aromatic rings. The number of carboxylic acid groups (broad SMARTS) is 1. The molecule has 2 amide bonds. The lowest BCUT2D eigenvalue weighted by atomic mass is 10.3. The van der Waals surface area contributed by atoms with E-state index in [2.05, 4.69) is 38.0 Å². The molecule has 8 heteroatoms. The monoisotopic (exact) mass is 398 g/mol. The maximum atomic E-state index is 11.6. The summed E-state index contributed by atoms with van der Waals surface area (Å²) < 4.78 is 5.63. The number of hydrogen-bond acceptors (Lipinski definition) is 3. The van der Waals surface area contributed by atoms with Crippen LogP contribution in [0.5, 0.6) is 0 Å². The summed E-state index contributed by atoms with van der Waals surface area (Å²) in [4.78, 5) is 22.2. The maximum absolute atomic E-state index is 11.6. The number of carbonyl (C=O) groups is 2. The number of anilines is 1. The third-order valence-electron chi connectivity index (χ3n) is 2.19. The van der Waals surface area contributed by atoms with Crippen LogP contribution in [0.2, 0.25) is 5.02 Å². The van der Waals surface area contributed by atoms with Gasteiger partial charge in [-0.25, -0.2) is 9.59 Å². The van der Waals surface area contributed by atoms with E-state index >= 15 is 0 Å². The quantitative estimate of drug-likeness (QED) is 0.663. The summed E-state index contributed by atoms with van der Waals surface area (Å²) in [5.41, 5.74) is 0.448. The fourth-order valence-corrected chi connectivity index (χ4v) is 2.12. The van der Waals surface area contributed by atoms with E-state index in [1.165, 1.54) is 7.11 Å². The fourth-order valence-electron chi connectivity index (χ4n) is 1.21. The Labute approximate surface area is 128 Å². The van der Waals surface area contributed by atoms with Crippen molar-refractivity contribution in [3.8, 4) is 0 Å². The lowest BCUT2D eigenvalue weighted by Crippen LogP contribution is -2.39. The average molecular weight is 399 g/mol. The number of halogens is 2. The highest BCUT2D eigenvalue weighted by Gasteiger charge is 2.17. The average Bonchev–Trinajstić information content (AvgIpc) is 2.33. The number of amides is 2. The van der Waals surface area contributed by atoms with Crippen LogP contribution >= 0.6 is 34.2 Å². The van der Waals surface area contributed by atoms with Gasteiger partial charge in [0, 0.05) is 10.7 Å². The van der Waals surface area contributed by atoms with Gasteiger partial charge >= 0.3 is 12.0 Å². The van der Waals surface area contributed by atoms with Crippen LogP contribution in [0.4, 0.5) is 10.5 Å². The van der Waals surface area contributed by atoms with Crippen LogP contribution in [0.1, 0.15) is 0 Å². The molecule has 0 aliphatic carbocycles. The van der Waals surface area contributed by atoms with Gasteiger partial charge in [0.2, 0.25) is 0 Å². The van der Waals surface area contributed by atoms with Gasteiger partial charge in [0.05, 0.1) is 17.3 Å². The van der Waals surface area contributed by atoms with Gasteiger partial charge in [0.25, 0.3) is 0 Å². The maximum Gasteiger partial charge on any atom is 0.334 e. The van der Waals surface area contributed by atoms with Crippen LogP contribution < -0.4 is 10.6 Å². The fraction of sp³-hybridized carbons (Fsp3) is 0.273. The number of methoxy groups -OCH3 is 1. The molecular formula is C11H12ClIN2O4. The zero-order valence-corrected chi connectivity index (χ0v) is 12.9. The van der Waals surface area contributed by atoms with Crippen molar-refractivity contribution in [1.82, 2.24) is 5.32 Å². The standard InChI is InChI=1S/C11H12ClIN2O4/c1-19-9(10(16)17)5-14-11(18)15-8-3-2-6(13)4-7(8)12/h2-4,9H,5H2,1H3,(H,16,17)(H2,14,15,18). The number of aliphatic carboxylic acids is 1. The van der Waals surface area contributed by atoms with Crippen molar-refractivity contribution in [3.63, 3.8) is 0 Å². The van der Waals surface area contributed by atoms with E-state index in [1.54, 1.807) is 18.2 Å². The van der Waals surface area contributed by atoms with Gasteiger partial charge in [-0.3, -0.25) is 0 Å². The zero-order valence-electron chi connectivity index (χ0n) is 9.94. The smallest absolute Gasteiger partial charge is 0.334 e. The van der Waals surface area contributed by atoms with Crippen molar-refractivity contribution in [2.45, 2.75) is 6.10 Å². The Kier molecular flexibility index (Phi) is 6.32. The van der Waals surface area contributed by atoms with E-state index in [4.69, 9.17) is 16.7 Å². The zero-order chi connectivity index (χ0) is 14.4. The number of urea groups is 1. The number of hydrogen-bond donors (Lipinski definition) is 3. The highest BCUT2D eigenvalue weighted by Crippen LogP contribution is 2.23. The SMILES string of the molecule is COC(CNC(=O)Nc1ccc(I)cc1Cl)C(=O)O. The van der Waals surface area contributed by atoms with Gasteiger partial charge in [-0.15, -0.1) is 0 Å². The molecule has 104 valence electrons. The van der Waals surface area contributed by atoms with Crippen LogP contribution in [0.15, 0.2) is 18.2 Å². The lowest BCUT2D eigenvalue weighted by molar-refractivity contribution is -0.147. The van der Waals surface area contributed by atoms with Crippen molar-refractivity contribution >= 4 is 51.9 Å². The van der Waals surface area contributed by atoms with Gasteiger partial charge in [-0.05, 0) is 40.8 Å². The Morgan fingerprint density at radius 1 is 1.53 bits per heavy atom. The largest absolute Gasteiger partial charge is 0.479 e. The molecule has 6 nitrogen and oxygen atoms in total. The van der Waals surface area contributed by atoms with Crippen molar-refractivity contribution in [3.05, 3.63) is 26.8 Å². The summed E-state index contributed by atoms with van der Waals surface area (Å²) in [6.07, 6.45) is -1.09. The van der Waals surface area contributed by atoms with E-state index in [0.717, 1.165) is 3.57 Å². The Hall–Kier alpha value is -1.06. The summed E-state index contributed by atoms with van der Waals surface area (Å²) in [7, 11) is 1.26. The van der Waals surface area contributed by atoms with Crippen molar-refractivity contribution in [1.29, 1.82) is 0 Å². The van der Waals surface area contributed by atoms with Crippen molar-refractivity contribution in [2.24, 2.45) is 0 Å². The van der Waals surface area contributed by atoms with Crippen molar-refractivity contribution in [2.75, 3.05) is 19.0 Å². The molecule has 0 aliphatic heterocycles. The van der Waals surface area contributed by atoms with Gasteiger partial charge in [0.15, 0.2) is 6.10 Å². The number of benzene rings is 1. The van der Waals surface area contributed by atoms with Gasteiger partial charge < -0.3 is 20.5 Å². The molecule has 0 bridgehead atoms. The van der Waals surface area contributed by atoms with E-state index in [-0.39, 0.29) is 6.54 Å². The highest BCUT2D eigenvalue weighted by atomic mass is 127. The van der Waals surface area contributed by atoms with Gasteiger partial charge in [-0.2, -0.15) is 0 Å². The Morgan fingerprint density at radius 3 is 2.74 bits per heavy atom. The molecule has 1 rings (SSSR count). The minimum Gasteiger partial charge on any atom is -0.479 e. The van der Waals surface area contributed by atoms with Crippen LogP contribution in [0, 0.1) is 3.57 Å². The van der Waals surface area contributed by atoms with Crippen LogP contribution in [0.25, 0.3) is 0 Å². The Bertz CT molecular complexity index is 484. The molecule has 0 aromatic heterocycles. The predicted molar refractivity (Wildman–Crippen MR) is 79.6 cm³/mol. The summed E-state index contributed by atoms with van der Waals surface area (Å²) in [6, 6.07) is 4.60. The third-order valence-corrected chi connectivity index (χ3v) is 3.17. The molecule has 0 saturated heterocycles. The molecule has 1 aromatic carbocycles. The predicted octanol–water partition coefficient (Wildman–Crippen LogP) is 2.17. The van der Waals surface area contributed by atoms with Crippen LogP contribution in [-0.4, -0.2) is 36.9 Å². The topological polar surface area (TPSA) is 87.7 Å². The normalized spacial score (nSPS) is 11.7. The summed E-state index contributed by atoms with van der Waals surface area (Å²) >= 11 is 8.05. The molecule has 0 spiro atoms. The molecular weight excluding hydrogens is 386 g/mol. The minimum absolute atomic E-state index is 0.139. The van der Waals surface area contributed by atoms with Crippen LogP contribution in [-0.2, 0) is 9.53 Å². The molecule has 0 fully saturated rings. The third kappa shape index (κ3) is 5.21. The van der Waals surface area contributed by atoms with E-state index in [9.17, 15) is 9.59 Å².